The summed E-state index contributed by atoms with van der Waals surface area (Å²) in [6.45, 7) is 0. The number of para-hydroxylation sites is 1. The summed E-state index contributed by atoms with van der Waals surface area (Å²) in [7, 11) is 1.59. The van der Waals surface area contributed by atoms with Gasteiger partial charge in [0.1, 0.15) is 11.3 Å². The highest BCUT2D eigenvalue weighted by Crippen LogP contribution is 2.27. The highest BCUT2D eigenvalue weighted by atomic mass is 35.5. The van der Waals surface area contributed by atoms with Crippen molar-refractivity contribution in [1.82, 2.24) is 9.97 Å². The lowest BCUT2D eigenvalue weighted by Gasteiger charge is -2.04. The molecule has 124 valence electrons. The van der Waals surface area contributed by atoms with Gasteiger partial charge in [0.2, 0.25) is 11.9 Å². The molecule has 24 heavy (non-hydrogen) atoms. The van der Waals surface area contributed by atoms with Gasteiger partial charge in [-0.25, -0.2) is 4.98 Å². The number of nitrogens with one attached hydrogen (secondary N) is 2. The van der Waals surface area contributed by atoms with Crippen molar-refractivity contribution in [2.75, 3.05) is 18.2 Å². The summed E-state index contributed by atoms with van der Waals surface area (Å²) in [6, 6.07) is 13.2. The first-order valence-corrected chi connectivity index (χ1v) is 8.73. The Hall–Kier alpha value is -2.18. The van der Waals surface area contributed by atoms with E-state index >= 15 is 0 Å². The Balaban J connectivity index is 1.58. The van der Waals surface area contributed by atoms with Gasteiger partial charge in [-0.1, -0.05) is 29.8 Å². The molecule has 2 N–H and O–H groups in total. The van der Waals surface area contributed by atoms with Crippen molar-refractivity contribution in [3.8, 4) is 5.75 Å². The zero-order chi connectivity index (χ0) is 16.9. The number of nitrogens with zero attached hydrogens (tertiary/aromatic N) is 1. The molecule has 0 aliphatic heterocycles. The molecule has 1 aromatic heterocycles. The lowest BCUT2D eigenvalue weighted by molar-refractivity contribution is -0.115. The third kappa shape index (κ3) is 3.83. The molecule has 0 saturated heterocycles. The van der Waals surface area contributed by atoms with Crippen LogP contribution >= 0.6 is 23.4 Å². The van der Waals surface area contributed by atoms with Gasteiger partial charge >= 0.3 is 0 Å². The van der Waals surface area contributed by atoms with Gasteiger partial charge < -0.3 is 9.72 Å². The van der Waals surface area contributed by atoms with Gasteiger partial charge in [-0.05, 0) is 24.3 Å². The number of rotatable bonds is 6. The van der Waals surface area contributed by atoms with E-state index in [1.807, 2.05) is 42.5 Å². The standard InChI is InChI=1S/C17H16ClN3O2S/c1-23-13-7-4-6-12-16(13)21-17(19-12)20-15(22)9-10-24-14-8-3-2-5-11(14)18/h2-8H,9-10H2,1H3,(H2,19,20,21,22). The molecule has 0 radical (unpaired) electrons. The minimum absolute atomic E-state index is 0.104. The fourth-order valence-corrected chi connectivity index (χ4v) is 3.43. The number of carbonyl (C=O) groups excluding carboxylic acids is 1. The fraction of sp³-hybridized carbons (Fsp3) is 0.176. The summed E-state index contributed by atoms with van der Waals surface area (Å²) in [5.41, 5.74) is 1.51. The molecule has 0 spiro atoms. The Morgan fingerprint density at radius 2 is 2.12 bits per heavy atom. The number of anilines is 1. The number of ether oxygens (including phenoxy) is 1. The van der Waals surface area contributed by atoms with Crippen LogP contribution in [0.15, 0.2) is 47.4 Å². The van der Waals surface area contributed by atoms with Crippen molar-refractivity contribution < 1.29 is 9.53 Å². The van der Waals surface area contributed by atoms with E-state index in [-0.39, 0.29) is 5.91 Å². The second kappa shape index (κ2) is 7.59. The summed E-state index contributed by atoms with van der Waals surface area (Å²) < 4.78 is 5.26. The maximum atomic E-state index is 12.1. The van der Waals surface area contributed by atoms with Crippen molar-refractivity contribution in [2.45, 2.75) is 11.3 Å². The number of amides is 1. The summed E-state index contributed by atoms with van der Waals surface area (Å²) >= 11 is 7.65. The largest absolute Gasteiger partial charge is 0.494 e. The Kier molecular flexibility index (Phi) is 5.27. The van der Waals surface area contributed by atoms with Crippen LogP contribution in [0.1, 0.15) is 6.42 Å². The quantitative estimate of drug-likeness (QED) is 0.641. The molecule has 0 aliphatic carbocycles. The van der Waals surface area contributed by atoms with E-state index in [2.05, 4.69) is 15.3 Å². The first kappa shape index (κ1) is 16.7. The van der Waals surface area contributed by atoms with Crippen molar-refractivity contribution in [1.29, 1.82) is 0 Å². The minimum atomic E-state index is -0.104. The highest BCUT2D eigenvalue weighted by Gasteiger charge is 2.10. The normalized spacial score (nSPS) is 10.8. The molecular formula is C17H16ClN3O2S. The predicted molar refractivity (Wildman–Crippen MR) is 98.1 cm³/mol. The molecule has 0 aliphatic rings. The predicted octanol–water partition coefficient (Wildman–Crippen LogP) is 4.35. The lowest BCUT2D eigenvalue weighted by atomic mass is 10.3. The van der Waals surface area contributed by atoms with Crippen LogP contribution in [0.3, 0.4) is 0 Å². The van der Waals surface area contributed by atoms with Gasteiger partial charge in [0.05, 0.1) is 17.6 Å². The number of aromatic nitrogens is 2. The van der Waals surface area contributed by atoms with Crippen LogP contribution in [0.4, 0.5) is 5.95 Å². The van der Waals surface area contributed by atoms with Gasteiger partial charge in [0, 0.05) is 17.1 Å². The van der Waals surface area contributed by atoms with E-state index in [1.54, 1.807) is 18.9 Å². The molecule has 0 fully saturated rings. The zero-order valence-electron chi connectivity index (χ0n) is 13.0. The van der Waals surface area contributed by atoms with Crippen LogP contribution in [-0.4, -0.2) is 28.7 Å². The molecule has 0 bridgehead atoms. The van der Waals surface area contributed by atoms with Crippen LogP contribution in [0.5, 0.6) is 5.75 Å². The van der Waals surface area contributed by atoms with Crippen LogP contribution in [0.2, 0.25) is 5.02 Å². The van der Waals surface area contributed by atoms with Crippen LogP contribution in [0, 0.1) is 0 Å². The molecule has 3 rings (SSSR count). The number of benzene rings is 2. The van der Waals surface area contributed by atoms with Gasteiger partial charge in [-0.15, -0.1) is 11.8 Å². The third-order valence-electron chi connectivity index (χ3n) is 3.38. The summed E-state index contributed by atoms with van der Waals surface area (Å²) in [5, 5.41) is 3.48. The molecular weight excluding hydrogens is 346 g/mol. The third-order valence-corrected chi connectivity index (χ3v) is 4.89. The monoisotopic (exact) mass is 361 g/mol. The maximum Gasteiger partial charge on any atom is 0.227 e. The number of aromatic amines is 1. The van der Waals surface area contributed by atoms with E-state index in [0.717, 1.165) is 10.4 Å². The number of carbonyl (C=O) groups is 1. The molecule has 1 amide bonds. The molecule has 7 heteroatoms. The van der Waals surface area contributed by atoms with Crippen LogP contribution < -0.4 is 10.1 Å². The molecule has 1 heterocycles. The molecule has 5 nitrogen and oxygen atoms in total. The number of hydrogen-bond acceptors (Lipinski definition) is 4. The smallest absolute Gasteiger partial charge is 0.227 e. The molecule has 0 saturated carbocycles. The number of imidazole rings is 1. The maximum absolute atomic E-state index is 12.1. The molecule has 0 atom stereocenters. The Bertz CT molecular complexity index is 866. The van der Waals surface area contributed by atoms with Gasteiger partial charge in [-0.2, -0.15) is 0 Å². The SMILES string of the molecule is COc1cccc2[nH]c(NC(=O)CCSc3ccccc3Cl)nc12. The van der Waals surface area contributed by atoms with Crippen molar-refractivity contribution in [2.24, 2.45) is 0 Å². The van der Waals surface area contributed by atoms with Crippen LogP contribution in [0.25, 0.3) is 11.0 Å². The minimum Gasteiger partial charge on any atom is -0.494 e. The van der Waals surface area contributed by atoms with E-state index in [4.69, 9.17) is 16.3 Å². The van der Waals surface area contributed by atoms with Crippen molar-refractivity contribution in [3.05, 3.63) is 47.5 Å². The van der Waals surface area contributed by atoms with E-state index in [1.165, 1.54) is 0 Å². The topological polar surface area (TPSA) is 67.0 Å². The molecule has 2 aromatic carbocycles. The number of fused-ring (bicyclic) bond motifs is 1. The fourth-order valence-electron chi connectivity index (χ4n) is 2.24. The average molecular weight is 362 g/mol. The van der Waals surface area contributed by atoms with Gasteiger partial charge in [0.25, 0.3) is 0 Å². The first-order valence-electron chi connectivity index (χ1n) is 7.37. The van der Waals surface area contributed by atoms with Crippen molar-refractivity contribution >= 4 is 46.3 Å². The first-order chi connectivity index (χ1) is 11.7. The Morgan fingerprint density at radius 1 is 1.29 bits per heavy atom. The summed E-state index contributed by atoms with van der Waals surface area (Å²) in [4.78, 5) is 20.5. The Morgan fingerprint density at radius 3 is 2.92 bits per heavy atom. The number of halogens is 1. The van der Waals surface area contributed by atoms with E-state index in [9.17, 15) is 4.79 Å². The number of H-pyrrole nitrogens is 1. The van der Waals surface area contributed by atoms with E-state index < -0.39 is 0 Å². The lowest BCUT2D eigenvalue weighted by Crippen LogP contribution is -2.13. The average Bonchev–Trinajstić information content (AvgIpc) is 2.98. The Labute approximate surface area is 148 Å². The van der Waals surface area contributed by atoms with E-state index in [0.29, 0.717) is 34.4 Å². The number of methoxy groups -OCH3 is 1. The van der Waals surface area contributed by atoms with Crippen molar-refractivity contribution in [3.63, 3.8) is 0 Å². The number of thioether (sulfide) groups is 1. The van der Waals surface area contributed by atoms with Gasteiger partial charge in [-0.3, -0.25) is 10.1 Å². The highest BCUT2D eigenvalue weighted by molar-refractivity contribution is 7.99. The second-order valence-corrected chi connectivity index (χ2v) is 6.56. The molecule has 3 aromatic rings. The number of hydrogen-bond donors (Lipinski definition) is 2. The van der Waals surface area contributed by atoms with Crippen LogP contribution in [-0.2, 0) is 4.79 Å². The van der Waals surface area contributed by atoms with Gasteiger partial charge in [0.15, 0.2) is 0 Å². The molecule has 0 unspecified atom stereocenters. The summed E-state index contributed by atoms with van der Waals surface area (Å²) in [6.07, 6.45) is 0.365. The zero-order valence-corrected chi connectivity index (χ0v) is 14.6. The summed E-state index contributed by atoms with van der Waals surface area (Å²) in [5.74, 6) is 1.62. The second-order valence-electron chi connectivity index (χ2n) is 5.02.